The Balaban J connectivity index is 2.76. The van der Waals surface area contributed by atoms with E-state index < -0.39 is 0 Å². The largest absolute Gasteiger partial charge is 0.0926 e. The van der Waals surface area contributed by atoms with Gasteiger partial charge in [0.1, 0.15) is 0 Å². The van der Waals surface area contributed by atoms with E-state index in [-0.39, 0.29) is 7.53 Å². The number of aryl methyl sites for hydroxylation is 1. The molecule has 21 heavy (non-hydrogen) atoms. The second-order valence-electron chi connectivity index (χ2n) is 7.11. The van der Waals surface area contributed by atoms with Crippen LogP contribution in [0.1, 0.15) is 81.5 Å². The van der Waals surface area contributed by atoms with E-state index in [9.17, 15) is 0 Å². The molecule has 114 valence electrons. The lowest BCUT2D eigenvalue weighted by atomic mass is 9.89. The summed E-state index contributed by atoms with van der Waals surface area (Å²) < 4.78 is 0. The maximum absolute atomic E-state index is 2.47. The van der Waals surface area contributed by atoms with E-state index in [0.717, 1.165) is 0 Å². The summed E-state index contributed by atoms with van der Waals surface area (Å²) in [6.45, 7) is 16.1. The third-order valence-corrected chi connectivity index (χ3v) is 6.39. The Bertz CT molecular complexity index is 586. The van der Waals surface area contributed by atoms with Gasteiger partial charge in [-0.1, -0.05) is 67.3 Å². The summed E-state index contributed by atoms with van der Waals surface area (Å²) in [6.07, 6.45) is 0. The van der Waals surface area contributed by atoms with Crippen LogP contribution in [0.5, 0.6) is 0 Å². The predicted molar refractivity (Wildman–Crippen MR) is 97.5 cm³/mol. The van der Waals surface area contributed by atoms with E-state index >= 15 is 0 Å². The monoisotopic (exact) mass is 300 g/mol. The van der Waals surface area contributed by atoms with Crippen molar-refractivity contribution in [1.82, 2.24) is 0 Å². The molecule has 1 atom stereocenters. The lowest BCUT2D eigenvalue weighted by Gasteiger charge is -2.22. The summed E-state index contributed by atoms with van der Waals surface area (Å²) in [7, 11) is -0.260. The van der Waals surface area contributed by atoms with Crippen LogP contribution in [0.15, 0.2) is 29.8 Å². The van der Waals surface area contributed by atoms with Crippen LogP contribution in [0.4, 0.5) is 0 Å². The minimum Gasteiger partial charge on any atom is -0.0926 e. The van der Waals surface area contributed by atoms with Crippen LogP contribution in [-0.2, 0) is 0 Å². The normalized spacial score (nSPS) is 12.8. The van der Waals surface area contributed by atoms with Gasteiger partial charge in [0, 0.05) is 5.30 Å². The molecule has 0 amide bonds. The van der Waals surface area contributed by atoms with Crippen molar-refractivity contribution in [2.24, 2.45) is 0 Å². The highest BCUT2D eigenvalue weighted by Gasteiger charge is 2.18. The first-order valence-electron chi connectivity index (χ1n) is 8.14. The van der Waals surface area contributed by atoms with Gasteiger partial charge in [0.25, 0.3) is 0 Å². The molecule has 1 heterocycles. The van der Waals surface area contributed by atoms with E-state index in [1.54, 1.807) is 16.4 Å². The number of hydrogen-bond donors (Lipinski definition) is 0. The molecule has 0 bridgehead atoms. The van der Waals surface area contributed by atoms with E-state index in [1.165, 1.54) is 11.1 Å². The Morgan fingerprint density at radius 2 is 1.33 bits per heavy atom. The van der Waals surface area contributed by atoms with Crippen LogP contribution in [0.3, 0.4) is 0 Å². The Morgan fingerprint density at radius 3 is 1.67 bits per heavy atom. The first-order valence-corrected chi connectivity index (χ1v) is 9.62. The van der Waals surface area contributed by atoms with Crippen LogP contribution in [-0.4, -0.2) is 0 Å². The molecule has 0 saturated carbocycles. The van der Waals surface area contributed by atoms with Crippen molar-refractivity contribution < 1.29 is 0 Å². The van der Waals surface area contributed by atoms with E-state index in [4.69, 9.17) is 0 Å². The Labute approximate surface area is 131 Å². The average molecular weight is 300 g/mol. The molecule has 1 aromatic carbocycles. The molecular formula is C20H29P. The molecule has 0 saturated heterocycles. The third kappa shape index (κ3) is 3.43. The highest BCUT2D eigenvalue weighted by atomic mass is 31.1. The molecule has 0 nitrogen and oxygen atoms in total. The fraction of sp³-hybridized carbons (Fsp3) is 0.500. The first kappa shape index (κ1) is 16.4. The molecule has 1 unspecified atom stereocenters. The second kappa shape index (κ2) is 6.41. The summed E-state index contributed by atoms with van der Waals surface area (Å²) >= 11 is 0. The molecule has 0 fully saturated rings. The van der Waals surface area contributed by atoms with Crippen LogP contribution < -0.4 is 0 Å². The van der Waals surface area contributed by atoms with Gasteiger partial charge >= 0.3 is 0 Å². The Kier molecular flexibility index (Phi) is 4.99. The molecule has 0 N–H and O–H groups in total. The molecule has 1 heteroatoms. The molecule has 0 aliphatic heterocycles. The van der Waals surface area contributed by atoms with E-state index in [0.29, 0.717) is 17.8 Å². The van der Waals surface area contributed by atoms with Crippen molar-refractivity contribution in [1.29, 1.82) is 0 Å². The SMILES string of the molecule is Cc1ccp(-c2c(C(C)C)cc(C(C)C)cc2C(C)C)c1. The van der Waals surface area contributed by atoms with Crippen molar-refractivity contribution >= 4 is 7.53 Å². The van der Waals surface area contributed by atoms with Gasteiger partial charge in [-0.3, -0.25) is 0 Å². The maximum Gasteiger partial charge on any atom is 0.00478 e. The molecule has 0 aliphatic rings. The standard InChI is InChI=1S/C20H29P/c1-13(2)17-10-18(14(3)4)20(19(11-17)15(5)6)21-9-8-16(7)12-21/h8-15H,1-7H3. The lowest BCUT2D eigenvalue weighted by molar-refractivity contribution is 0.811. The zero-order chi connectivity index (χ0) is 15.7. The van der Waals surface area contributed by atoms with Gasteiger partial charge in [-0.05, 0) is 58.5 Å². The Hall–Kier alpha value is -1.00. The van der Waals surface area contributed by atoms with Crippen LogP contribution in [0.25, 0.3) is 5.30 Å². The predicted octanol–water partition coefficient (Wildman–Crippen LogP) is 7.34. The third-order valence-electron chi connectivity index (χ3n) is 4.20. The number of benzene rings is 1. The number of hydrogen-bond acceptors (Lipinski definition) is 0. The number of rotatable bonds is 4. The Morgan fingerprint density at radius 1 is 0.810 bits per heavy atom. The van der Waals surface area contributed by atoms with Crippen molar-refractivity contribution in [3.05, 3.63) is 52.0 Å². The lowest BCUT2D eigenvalue weighted by Crippen LogP contribution is -2.01. The van der Waals surface area contributed by atoms with Crippen LogP contribution in [0.2, 0.25) is 0 Å². The molecule has 2 aromatic rings. The van der Waals surface area contributed by atoms with Gasteiger partial charge in [0.2, 0.25) is 0 Å². The fourth-order valence-corrected chi connectivity index (χ4v) is 5.38. The average Bonchev–Trinajstić information content (AvgIpc) is 2.83. The topological polar surface area (TPSA) is 0 Å². The maximum atomic E-state index is 2.47. The first-order chi connectivity index (χ1) is 9.81. The zero-order valence-electron chi connectivity index (χ0n) is 14.6. The zero-order valence-corrected chi connectivity index (χ0v) is 15.5. The summed E-state index contributed by atoms with van der Waals surface area (Å²) in [4.78, 5) is 0. The van der Waals surface area contributed by atoms with Gasteiger partial charge in [-0.25, -0.2) is 0 Å². The summed E-state index contributed by atoms with van der Waals surface area (Å²) in [5, 5.41) is 1.62. The summed E-state index contributed by atoms with van der Waals surface area (Å²) in [6, 6.07) is 7.22. The molecular weight excluding hydrogens is 271 g/mol. The van der Waals surface area contributed by atoms with Crippen LogP contribution >= 0.6 is 7.53 Å². The highest BCUT2D eigenvalue weighted by molar-refractivity contribution is 7.56. The van der Waals surface area contributed by atoms with Crippen molar-refractivity contribution in [3.63, 3.8) is 0 Å². The summed E-state index contributed by atoms with van der Waals surface area (Å²) in [5.41, 5.74) is 6.03. The van der Waals surface area contributed by atoms with E-state index in [1.807, 2.05) is 0 Å². The van der Waals surface area contributed by atoms with Crippen LogP contribution in [0, 0.1) is 6.92 Å². The van der Waals surface area contributed by atoms with Gasteiger partial charge in [-0.2, -0.15) is 0 Å². The van der Waals surface area contributed by atoms with Crippen molar-refractivity contribution in [2.75, 3.05) is 0 Å². The molecule has 0 radical (unpaired) electrons. The van der Waals surface area contributed by atoms with Gasteiger partial charge < -0.3 is 0 Å². The fourth-order valence-electron chi connectivity index (χ4n) is 2.86. The second-order valence-corrected chi connectivity index (χ2v) is 8.93. The molecule has 1 aromatic heterocycles. The minimum absolute atomic E-state index is 0.260. The van der Waals surface area contributed by atoms with Gasteiger partial charge in [-0.15, -0.1) is 0 Å². The van der Waals surface area contributed by atoms with Gasteiger partial charge in [0.15, 0.2) is 0 Å². The summed E-state index contributed by atoms with van der Waals surface area (Å²) in [5.74, 6) is 6.66. The van der Waals surface area contributed by atoms with Gasteiger partial charge in [0.05, 0.1) is 0 Å². The minimum atomic E-state index is -0.260. The smallest absolute Gasteiger partial charge is 0.00478 e. The molecule has 0 aliphatic carbocycles. The quantitative estimate of drug-likeness (QED) is 0.554. The molecule has 0 spiro atoms. The van der Waals surface area contributed by atoms with Crippen molar-refractivity contribution in [2.45, 2.75) is 66.2 Å². The van der Waals surface area contributed by atoms with E-state index in [2.05, 4.69) is 78.3 Å². The highest BCUT2D eigenvalue weighted by Crippen LogP contribution is 2.49. The molecule has 2 rings (SSSR count). The van der Waals surface area contributed by atoms with Crippen molar-refractivity contribution in [3.8, 4) is 5.30 Å².